The molecule has 5 nitrogen and oxygen atoms in total. The third-order valence-corrected chi connectivity index (χ3v) is 4.39. The van der Waals surface area contributed by atoms with Crippen LogP contribution in [0.15, 0.2) is 59.9 Å². The molecule has 0 bridgehead atoms. The molecule has 7 heteroatoms. The van der Waals surface area contributed by atoms with Crippen molar-refractivity contribution in [3.8, 4) is 0 Å². The van der Waals surface area contributed by atoms with Gasteiger partial charge in [0.25, 0.3) is 0 Å². The Labute approximate surface area is 175 Å². The quantitative estimate of drug-likeness (QED) is 0.241. The van der Waals surface area contributed by atoms with Gasteiger partial charge in [-0.2, -0.15) is 0 Å². The van der Waals surface area contributed by atoms with E-state index in [2.05, 4.69) is 31.2 Å². The fraction of sp³-hybridized carbons (Fsp3) is 0.263. The summed E-state index contributed by atoms with van der Waals surface area (Å²) in [4.78, 5) is 8.66. The Hall–Kier alpha value is -1.80. The molecule has 0 aliphatic rings. The van der Waals surface area contributed by atoms with Crippen LogP contribution in [0.5, 0.6) is 0 Å². The number of nitrogens with one attached hydrogen (secondary N) is 2. The molecule has 2 aromatic carbocycles. The van der Waals surface area contributed by atoms with Gasteiger partial charge in [0.1, 0.15) is 0 Å². The Balaban J connectivity index is 0.00000243. The maximum atomic E-state index is 6.17. The van der Waals surface area contributed by atoms with Gasteiger partial charge >= 0.3 is 0 Å². The minimum Gasteiger partial charge on any atom is -0.356 e. The molecule has 0 fully saturated rings. The molecule has 0 radical (unpaired) electrons. The number of aromatic nitrogens is 2. The van der Waals surface area contributed by atoms with Crippen LogP contribution in [0, 0.1) is 0 Å². The summed E-state index contributed by atoms with van der Waals surface area (Å²) in [6.07, 6.45) is 2.88. The molecule has 3 rings (SSSR count). The number of nitrogens with zero attached hydrogens (tertiary/aromatic N) is 3. The lowest BCUT2D eigenvalue weighted by Crippen LogP contribution is -2.37. The second-order valence-electron chi connectivity index (χ2n) is 5.72. The SMILES string of the molecule is CN=C(NCCCn1cnc2ccccc21)NCc1ccccc1Cl.I. The zero-order chi connectivity index (χ0) is 17.5. The van der Waals surface area contributed by atoms with Gasteiger partial charge in [-0.15, -0.1) is 24.0 Å². The van der Waals surface area contributed by atoms with Crippen LogP contribution in [0.1, 0.15) is 12.0 Å². The smallest absolute Gasteiger partial charge is 0.191 e. The zero-order valence-corrected chi connectivity index (χ0v) is 17.7. The summed E-state index contributed by atoms with van der Waals surface area (Å²) in [5.74, 6) is 0.774. The van der Waals surface area contributed by atoms with Crippen molar-refractivity contribution in [1.29, 1.82) is 0 Å². The number of aliphatic imine (C=N–C) groups is 1. The Morgan fingerprint density at radius 1 is 1.12 bits per heavy atom. The minimum absolute atomic E-state index is 0. The largest absolute Gasteiger partial charge is 0.356 e. The van der Waals surface area contributed by atoms with Crippen LogP contribution in [-0.4, -0.2) is 29.1 Å². The highest BCUT2D eigenvalue weighted by atomic mass is 127. The summed E-state index contributed by atoms with van der Waals surface area (Å²) in [6.45, 7) is 2.38. The molecule has 0 spiro atoms. The highest BCUT2D eigenvalue weighted by Crippen LogP contribution is 2.14. The van der Waals surface area contributed by atoms with Gasteiger partial charge in [0.05, 0.1) is 17.4 Å². The molecule has 2 N–H and O–H groups in total. The van der Waals surface area contributed by atoms with Crippen LogP contribution in [0.2, 0.25) is 5.02 Å². The second-order valence-corrected chi connectivity index (χ2v) is 6.13. The minimum atomic E-state index is 0. The molecule has 0 atom stereocenters. The van der Waals surface area contributed by atoms with Crippen molar-refractivity contribution in [2.75, 3.05) is 13.6 Å². The topological polar surface area (TPSA) is 54.2 Å². The van der Waals surface area contributed by atoms with E-state index >= 15 is 0 Å². The van der Waals surface area contributed by atoms with Gasteiger partial charge in [0.2, 0.25) is 0 Å². The lowest BCUT2D eigenvalue weighted by Gasteiger charge is -2.13. The van der Waals surface area contributed by atoms with Crippen molar-refractivity contribution in [3.05, 3.63) is 65.4 Å². The molecule has 0 aliphatic carbocycles. The van der Waals surface area contributed by atoms with E-state index in [-0.39, 0.29) is 24.0 Å². The molecule has 0 saturated carbocycles. The van der Waals surface area contributed by atoms with Gasteiger partial charge in [-0.05, 0) is 30.2 Å². The highest BCUT2D eigenvalue weighted by Gasteiger charge is 2.03. The molecule has 3 aromatic rings. The molecular weight excluding hydrogens is 461 g/mol. The van der Waals surface area contributed by atoms with Crippen LogP contribution in [0.3, 0.4) is 0 Å². The molecule has 0 unspecified atom stereocenters. The highest BCUT2D eigenvalue weighted by molar-refractivity contribution is 14.0. The molecule has 0 aliphatic heterocycles. The second kappa shape index (κ2) is 10.4. The average Bonchev–Trinajstić information content (AvgIpc) is 3.05. The number of benzene rings is 2. The van der Waals surface area contributed by atoms with Crippen LogP contribution in [-0.2, 0) is 13.1 Å². The van der Waals surface area contributed by atoms with E-state index in [1.54, 1.807) is 7.05 Å². The third kappa shape index (κ3) is 5.35. The predicted octanol–water partition coefficient (Wildman–Crippen LogP) is 4.06. The normalized spacial score (nSPS) is 11.2. The van der Waals surface area contributed by atoms with E-state index in [0.717, 1.165) is 41.6 Å². The summed E-state index contributed by atoms with van der Waals surface area (Å²) in [5, 5.41) is 7.38. The van der Waals surface area contributed by atoms with E-state index in [9.17, 15) is 0 Å². The van der Waals surface area contributed by atoms with Gasteiger partial charge < -0.3 is 15.2 Å². The first-order valence-corrected chi connectivity index (χ1v) is 8.73. The fourth-order valence-electron chi connectivity index (χ4n) is 2.69. The van der Waals surface area contributed by atoms with Crippen molar-refractivity contribution in [1.82, 2.24) is 20.2 Å². The van der Waals surface area contributed by atoms with Crippen molar-refractivity contribution in [3.63, 3.8) is 0 Å². The molecular formula is C19H23ClIN5. The van der Waals surface area contributed by atoms with Crippen LogP contribution >= 0.6 is 35.6 Å². The number of fused-ring (bicyclic) bond motifs is 1. The van der Waals surface area contributed by atoms with Gasteiger partial charge in [-0.1, -0.05) is 41.9 Å². The lowest BCUT2D eigenvalue weighted by atomic mass is 10.2. The predicted molar refractivity (Wildman–Crippen MR) is 119 cm³/mol. The van der Waals surface area contributed by atoms with Crippen molar-refractivity contribution in [2.24, 2.45) is 4.99 Å². The Kier molecular flexibility index (Phi) is 8.18. The molecule has 1 heterocycles. The van der Waals surface area contributed by atoms with Crippen molar-refractivity contribution < 1.29 is 0 Å². The standard InChI is InChI=1S/C19H22ClN5.HI/c1-21-19(23-13-15-7-2-3-8-16(15)20)22-11-6-12-25-14-24-17-9-4-5-10-18(17)25;/h2-5,7-10,14H,6,11-13H2,1H3,(H2,21,22,23);1H. The van der Waals surface area contributed by atoms with Gasteiger partial charge in [0.15, 0.2) is 5.96 Å². The number of imidazole rings is 1. The molecule has 1 aromatic heterocycles. The molecule has 26 heavy (non-hydrogen) atoms. The van der Waals surface area contributed by atoms with Crippen molar-refractivity contribution >= 4 is 52.6 Å². The zero-order valence-electron chi connectivity index (χ0n) is 14.7. The summed E-state index contributed by atoms with van der Waals surface area (Å²) in [6, 6.07) is 16.0. The molecule has 0 amide bonds. The van der Waals surface area contributed by atoms with Gasteiger partial charge in [-0.25, -0.2) is 4.98 Å². The maximum Gasteiger partial charge on any atom is 0.191 e. The lowest BCUT2D eigenvalue weighted by molar-refractivity contribution is 0.637. The number of halogens is 2. The summed E-state index contributed by atoms with van der Waals surface area (Å²) in [7, 11) is 1.77. The van der Waals surface area contributed by atoms with Crippen LogP contribution in [0.25, 0.3) is 11.0 Å². The summed E-state index contributed by atoms with van der Waals surface area (Å²) < 4.78 is 2.18. The van der Waals surface area contributed by atoms with E-state index in [4.69, 9.17) is 11.6 Å². The average molecular weight is 484 g/mol. The first-order chi connectivity index (χ1) is 12.3. The Bertz CT molecular complexity index is 862. The number of para-hydroxylation sites is 2. The Morgan fingerprint density at radius 2 is 1.88 bits per heavy atom. The Morgan fingerprint density at radius 3 is 2.69 bits per heavy atom. The first kappa shape index (κ1) is 20.5. The van der Waals surface area contributed by atoms with E-state index in [1.165, 1.54) is 5.52 Å². The third-order valence-electron chi connectivity index (χ3n) is 4.02. The fourth-order valence-corrected chi connectivity index (χ4v) is 2.89. The molecule has 0 saturated heterocycles. The molecule has 138 valence electrons. The van der Waals surface area contributed by atoms with Crippen molar-refractivity contribution in [2.45, 2.75) is 19.5 Å². The number of hydrogen-bond donors (Lipinski definition) is 2. The van der Waals surface area contributed by atoms with E-state index < -0.39 is 0 Å². The number of rotatable bonds is 6. The summed E-state index contributed by atoms with van der Waals surface area (Å²) in [5.41, 5.74) is 3.26. The van der Waals surface area contributed by atoms with E-state index in [0.29, 0.717) is 6.54 Å². The summed E-state index contributed by atoms with van der Waals surface area (Å²) >= 11 is 6.17. The number of aryl methyl sites for hydroxylation is 1. The number of guanidine groups is 1. The van der Waals surface area contributed by atoms with Crippen LogP contribution in [0.4, 0.5) is 0 Å². The van der Waals surface area contributed by atoms with Crippen LogP contribution < -0.4 is 10.6 Å². The monoisotopic (exact) mass is 483 g/mol. The maximum absolute atomic E-state index is 6.17. The van der Waals surface area contributed by atoms with Gasteiger partial charge in [-0.3, -0.25) is 4.99 Å². The number of hydrogen-bond acceptors (Lipinski definition) is 2. The van der Waals surface area contributed by atoms with Gasteiger partial charge in [0, 0.05) is 31.7 Å². The first-order valence-electron chi connectivity index (χ1n) is 8.36. The van der Waals surface area contributed by atoms with E-state index in [1.807, 2.05) is 48.8 Å².